The van der Waals surface area contributed by atoms with Gasteiger partial charge in [-0.2, -0.15) is 0 Å². The number of thiophene rings is 1. The standard InChI is InChI=1S/C19H14ClN3O6S/c1-11-15(22(25)26)7-13(8-16(11)23(27)28)21-19(24)18-6-12(10-30-18)9-29-17-5-3-2-4-14(17)20/h2-8,10H,9H2,1H3,(H,21,24). The van der Waals surface area contributed by atoms with Gasteiger partial charge in [-0.25, -0.2) is 0 Å². The van der Waals surface area contributed by atoms with Crippen LogP contribution in [0.2, 0.25) is 5.02 Å². The normalized spacial score (nSPS) is 10.5. The van der Waals surface area contributed by atoms with E-state index in [1.54, 1.807) is 35.7 Å². The molecule has 1 aromatic heterocycles. The number of para-hydroxylation sites is 1. The molecule has 9 nitrogen and oxygen atoms in total. The Morgan fingerprint density at radius 2 is 1.77 bits per heavy atom. The van der Waals surface area contributed by atoms with Crippen LogP contribution in [0.25, 0.3) is 0 Å². The molecule has 0 saturated carbocycles. The number of nitro groups is 2. The predicted octanol–water partition coefficient (Wildman–Crippen LogP) is 5.36. The first-order chi connectivity index (χ1) is 14.3. The van der Waals surface area contributed by atoms with Crippen molar-refractivity contribution in [2.24, 2.45) is 0 Å². The van der Waals surface area contributed by atoms with E-state index in [-0.39, 0.29) is 17.9 Å². The summed E-state index contributed by atoms with van der Waals surface area (Å²) in [6.45, 7) is 1.47. The number of halogens is 1. The second-order valence-electron chi connectivity index (χ2n) is 6.15. The number of rotatable bonds is 7. The Hall–Kier alpha value is -3.50. The van der Waals surface area contributed by atoms with Gasteiger partial charge >= 0.3 is 0 Å². The monoisotopic (exact) mass is 447 g/mol. The molecule has 0 aliphatic heterocycles. The minimum atomic E-state index is -0.729. The van der Waals surface area contributed by atoms with Crippen LogP contribution in [0.15, 0.2) is 47.8 Å². The Bertz CT molecular complexity index is 1110. The van der Waals surface area contributed by atoms with Gasteiger partial charge in [0.1, 0.15) is 17.9 Å². The van der Waals surface area contributed by atoms with Gasteiger partial charge in [0.15, 0.2) is 0 Å². The fourth-order valence-electron chi connectivity index (χ4n) is 2.62. The highest BCUT2D eigenvalue weighted by molar-refractivity contribution is 7.12. The Kier molecular flexibility index (Phi) is 6.28. The molecule has 0 aliphatic carbocycles. The molecule has 1 heterocycles. The lowest BCUT2D eigenvalue weighted by atomic mass is 10.1. The van der Waals surface area contributed by atoms with E-state index in [2.05, 4.69) is 5.32 Å². The first-order valence-electron chi connectivity index (χ1n) is 8.45. The van der Waals surface area contributed by atoms with Gasteiger partial charge in [-0.3, -0.25) is 25.0 Å². The van der Waals surface area contributed by atoms with Gasteiger partial charge in [-0.1, -0.05) is 23.7 Å². The summed E-state index contributed by atoms with van der Waals surface area (Å²) < 4.78 is 5.62. The summed E-state index contributed by atoms with van der Waals surface area (Å²) in [5.41, 5.74) is -0.283. The maximum absolute atomic E-state index is 12.5. The SMILES string of the molecule is Cc1c([N+](=O)[O-])cc(NC(=O)c2cc(COc3ccccc3Cl)cs2)cc1[N+](=O)[O-]. The average Bonchev–Trinajstić information content (AvgIpc) is 3.17. The molecule has 1 amide bonds. The van der Waals surface area contributed by atoms with E-state index < -0.39 is 27.1 Å². The zero-order valence-electron chi connectivity index (χ0n) is 15.5. The molecule has 154 valence electrons. The molecule has 0 saturated heterocycles. The van der Waals surface area contributed by atoms with Crippen molar-refractivity contribution < 1.29 is 19.4 Å². The molecule has 0 atom stereocenters. The van der Waals surface area contributed by atoms with Gasteiger partial charge in [0.2, 0.25) is 0 Å². The van der Waals surface area contributed by atoms with Crippen LogP contribution in [0.1, 0.15) is 20.8 Å². The molecule has 1 N–H and O–H groups in total. The maximum Gasteiger partial charge on any atom is 0.281 e. The van der Waals surface area contributed by atoms with Crippen LogP contribution in [0.4, 0.5) is 17.1 Å². The van der Waals surface area contributed by atoms with E-state index in [4.69, 9.17) is 16.3 Å². The summed E-state index contributed by atoms with van der Waals surface area (Å²) >= 11 is 7.18. The second-order valence-corrected chi connectivity index (χ2v) is 7.46. The van der Waals surface area contributed by atoms with Crippen molar-refractivity contribution in [1.29, 1.82) is 0 Å². The number of ether oxygens (including phenoxy) is 1. The zero-order valence-corrected chi connectivity index (χ0v) is 17.0. The Morgan fingerprint density at radius 3 is 2.37 bits per heavy atom. The molecule has 0 aliphatic rings. The molecule has 3 rings (SSSR count). The highest BCUT2D eigenvalue weighted by Gasteiger charge is 2.24. The number of anilines is 1. The van der Waals surface area contributed by atoms with Crippen molar-refractivity contribution in [3.8, 4) is 5.75 Å². The van der Waals surface area contributed by atoms with E-state index in [1.165, 1.54) is 6.92 Å². The Labute approximate surface area is 179 Å². The molecule has 2 aromatic carbocycles. The van der Waals surface area contributed by atoms with Gasteiger partial charge in [0.25, 0.3) is 17.3 Å². The number of hydrogen-bond acceptors (Lipinski definition) is 7. The molecule has 11 heteroatoms. The van der Waals surface area contributed by atoms with Crippen molar-refractivity contribution in [3.63, 3.8) is 0 Å². The summed E-state index contributed by atoms with van der Waals surface area (Å²) in [5.74, 6) is -0.0351. The summed E-state index contributed by atoms with van der Waals surface area (Å²) in [7, 11) is 0. The minimum absolute atomic E-state index is 0.0359. The number of benzene rings is 2. The molecule has 0 fully saturated rings. The number of carbonyl (C=O) groups is 1. The summed E-state index contributed by atoms with van der Waals surface area (Å²) in [4.78, 5) is 33.7. The zero-order chi connectivity index (χ0) is 21.8. The fourth-order valence-corrected chi connectivity index (χ4v) is 3.60. The van der Waals surface area contributed by atoms with Crippen LogP contribution in [0.3, 0.4) is 0 Å². The molecule has 0 unspecified atom stereocenters. The van der Waals surface area contributed by atoms with Crippen LogP contribution in [-0.2, 0) is 6.61 Å². The lowest BCUT2D eigenvalue weighted by Crippen LogP contribution is -2.11. The van der Waals surface area contributed by atoms with Gasteiger partial charge < -0.3 is 10.1 Å². The van der Waals surface area contributed by atoms with E-state index in [0.717, 1.165) is 29.0 Å². The molecule has 0 spiro atoms. The quantitative estimate of drug-likeness (QED) is 0.384. The fraction of sp³-hybridized carbons (Fsp3) is 0.105. The number of carbonyl (C=O) groups excluding carboxylic acids is 1. The highest BCUT2D eigenvalue weighted by Crippen LogP contribution is 2.32. The summed E-state index contributed by atoms with van der Waals surface area (Å²) in [6.07, 6.45) is 0. The van der Waals surface area contributed by atoms with E-state index in [9.17, 15) is 25.0 Å². The number of nitro benzene ring substituents is 2. The topological polar surface area (TPSA) is 125 Å². The Morgan fingerprint density at radius 1 is 1.13 bits per heavy atom. The van der Waals surface area contributed by atoms with Crippen molar-refractivity contribution in [3.05, 3.63) is 89.1 Å². The average molecular weight is 448 g/mol. The van der Waals surface area contributed by atoms with Crippen molar-refractivity contribution in [1.82, 2.24) is 0 Å². The van der Waals surface area contributed by atoms with Crippen LogP contribution in [0, 0.1) is 27.2 Å². The number of hydrogen-bond donors (Lipinski definition) is 1. The third-order valence-corrected chi connectivity index (χ3v) is 5.40. The molecule has 30 heavy (non-hydrogen) atoms. The molecule has 0 bridgehead atoms. The van der Waals surface area contributed by atoms with Gasteiger partial charge in [0, 0.05) is 17.7 Å². The molecular weight excluding hydrogens is 434 g/mol. The largest absolute Gasteiger partial charge is 0.487 e. The van der Waals surface area contributed by atoms with Crippen LogP contribution >= 0.6 is 22.9 Å². The Balaban J connectivity index is 1.75. The van der Waals surface area contributed by atoms with Crippen molar-refractivity contribution in [2.45, 2.75) is 13.5 Å². The summed E-state index contributed by atoms with van der Waals surface area (Å²) in [6, 6.07) is 10.8. The number of nitrogens with zero attached hydrogens (tertiary/aromatic N) is 2. The van der Waals surface area contributed by atoms with Crippen LogP contribution in [-0.4, -0.2) is 15.8 Å². The van der Waals surface area contributed by atoms with Crippen LogP contribution in [0.5, 0.6) is 5.75 Å². The second kappa shape index (κ2) is 8.89. The van der Waals surface area contributed by atoms with E-state index in [0.29, 0.717) is 15.6 Å². The minimum Gasteiger partial charge on any atom is -0.487 e. The molecule has 3 aromatic rings. The van der Waals surface area contributed by atoms with Gasteiger partial charge in [-0.15, -0.1) is 11.3 Å². The van der Waals surface area contributed by atoms with Crippen molar-refractivity contribution >= 4 is 45.9 Å². The van der Waals surface area contributed by atoms with Gasteiger partial charge in [0.05, 0.1) is 25.4 Å². The lowest BCUT2D eigenvalue weighted by Gasteiger charge is -2.06. The third kappa shape index (κ3) is 4.73. The molecule has 0 radical (unpaired) electrons. The third-order valence-electron chi connectivity index (χ3n) is 4.11. The van der Waals surface area contributed by atoms with Crippen molar-refractivity contribution in [2.75, 3.05) is 5.32 Å². The smallest absolute Gasteiger partial charge is 0.281 e. The first-order valence-corrected chi connectivity index (χ1v) is 9.71. The predicted molar refractivity (Wildman–Crippen MR) is 113 cm³/mol. The number of amides is 1. The van der Waals surface area contributed by atoms with E-state index >= 15 is 0 Å². The first kappa shape index (κ1) is 21.2. The molecular formula is C19H14ClN3O6S. The maximum atomic E-state index is 12.5. The van der Waals surface area contributed by atoms with E-state index in [1.807, 2.05) is 0 Å². The highest BCUT2D eigenvalue weighted by atomic mass is 35.5. The lowest BCUT2D eigenvalue weighted by molar-refractivity contribution is -0.395. The van der Waals surface area contributed by atoms with Crippen LogP contribution < -0.4 is 10.1 Å². The summed E-state index contributed by atoms with van der Waals surface area (Å²) in [5, 5.41) is 27.0. The van der Waals surface area contributed by atoms with Gasteiger partial charge in [-0.05, 0) is 30.5 Å². The number of nitrogens with one attached hydrogen (secondary N) is 1.